The van der Waals surface area contributed by atoms with Crippen LogP contribution in [0, 0.1) is 11.3 Å². The van der Waals surface area contributed by atoms with Crippen LogP contribution in [0.15, 0.2) is 79.0 Å². The first-order valence-corrected chi connectivity index (χ1v) is 7.99. The molecule has 2 aromatic carbocycles. The summed E-state index contributed by atoms with van der Waals surface area (Å²) in [5.41, 5.74) is 2.90. The molecular formula is C21H17N3O. The van der Waals surface area contributed by atoms with Gasteiger partial charge in [-0.05, 0) is 23.3 Å². The summed E-state index contributed by atoms with van der Waals surface area (Å²) in [5, 5.41) is 8.86. The van der Waals surface area contributed by atoms with Crippen LogP contribution < -0.4 is 0 Å². The summed E-state index contributed by atoms with van der Waals surface area (Å²) < 4.78 is 0. The zero-order chi connectivity index (χ0) is 17.5. The normalized spacial score (nSPS) is 10.0. The molecule has 0 bridgehead atoms. The lowest BCUT2D eigenvalue weighted by molar-refractivity contribution is 0.0729. The molecular weight excluding hydrogens is 310 g/mol. The van der Waals surface area contributed by atoms with Crippen molar-refractivity contribution in [3.05, 3.63) is 101 Å². The van der Waals surface area contributed by atoms with Gasteiger partial charge in [0.15, 0.2) is 0 Å². The standard InChI is InChI=1S/C21H17N3O/c22-13-20-12-11-19(14-23-20)21(25)24(15-17-7-3-1-4-8-17)16-18-9-5-2-6-10-18/h1-12,14H,15-16H2. The van der Waals surface area contributed by atoms with E-state index in [-0.39, 0.29) is 5.91 Å². The van der Waals surface area contributed by atoms with Crippen molar-refractivity contribution in [1.29, 1.82) is 5.26 Å². The SMILES string of the molecule is N#Cc1ccc(C(=O)N(Cc2ccccc2)Cc2ccccc2)cn1. The fourth-order valence-corrected chi connectivity index (χ4v) is 2.58. The van der Waals surface area contributed by atoms with Crippen molar-refractivity contribution in [3.63, 3.8) is 0 Å². The van der Waals surface area contributed by atoms with Gasteiger partial charge in [0, 0.05) is 19.3 Å². The second-order valence-corrected chi connectivity index (χ2v) is 5.68. The lowest BCUT2D eigenvalue weighted by Crippen LogP contribution is -2.30. The van der Waals surface area contributed by atoms with Gasteiger partial charge in [-0.2, -0.15) is 5.26 Å². The van der Waals surface area contributed by atoms with Crippen molar-refractivity contribution in [2.75, 3.05) is 0 Å². The Hall–Kier alpha value is -3.45. The lowest BCUT2D eigenvalue weighted by atomic mass is 10.1. The molecule has 3 rings (SSSR count). The molecule has 0 spiro atoms. The summed E-state index contributed by atoms with van der Waals surface area (Å²) in [4.78, 5) is 18.7. The van der Waals surface area contributed by atoms with Gasteiger partial charge in [-0.3, -0.25) is 4.79 Å². The quantitative estimate of drug-likeness (QED) is 0.716. The predicted octanol–water partition coefficient (Wildman–Crippen LogP) is 3.80. The van der Waals surface area contributed by atoms with E-state index in [1.54, 1.807) is 17.0 Å². The van der Waals surface area contributed by atoms with Crippen LogP contribution in [0.25, 0.3) is 0 Å². The van der Waals surface area contributed by atoms with Crippen molar-refractivity contribution in [2.24, 2.45) is 0 Å². The van der Waals surface area contributed by atoms with E-state index in [0.29, 0.717) is 24.3 Å². The predicted molar refractivity (Wildman–Crippen MR) is 95.4 cm³/mol. The zero-order valence-corrected chi connectivity index (χ0v) is 13.7. The third kappa shape index (κ3) is 4.30. The lowest BCUT2D eigenvalue weighted by Gasteiger charge is -2.23. The number of pyridine rings is 1. The molecule has 0 atom stereocenters. The summed E-state index contributed by atoms with van der Waals surface area (Å²) >= 11 is 0. The number of carbonyl (C=O) groups excluding carboxylic acids is 1. The van der Waals surface area contributed by atoms with Gasteiger partial charge in [0.2, 0.25) is 0 Å². The number of nitrogens with zero attached hydrogens (tertiary/aromatic N) is 3. The maximum Gasteiger partial charge on any atom is 0.256 e. The van der Waals surface area contributed by atoms with Gasteiger partial charge >= 0.3 is 0 Å². The third-order valence-corrected chi connectivity index (χ3v) is 3.84. The molecule has 4 heteroatoms. The van der Waals surface area contributed by atoms with Crippen molar-refractivity contribution >= 4 is 5.91 Å². The van der Waals surface area contributed by atoms with Gasteiger partial charge in [-0.1, -0.05) is 60.7 Å². The fraction of sp³-hybridized carbons (Fsp3) is 0.0952. The topological polar surface area (TPSA) is 57.0 Å². The Kier molecular flexibility index (Phi) is 5.18. The summed E-state index contributed by atoms with van der Waals surface area (Å²) in [7, 11) is 0. The average Bonchev–Trinajstić information content (AvgIpc) is 2.68. The Morgan fingerprint density at radius 3 is 1.88 bits per heavy atom. The van der Waals surface area contributed by atoms with Crippen LogP contribution in [-0.2, 0) is 13.1 Å². The molecule has 1 aromatic heterocycles. The van der Waals surface area contributed by atoms with Gasteiger partial charge < -0.3 is 4.90 Å². The van der Waals surface area contributed by atoms with E-state index in [1.807, 2.05) is 66.7 Å². The molecule has 0 unspecified atom stereocenters. The third-order valence-electron chi connectivity index (χ3n) is 3.84. The summed E-state index contributed by atoms with van der Waals surface area (Å²) in [6.07, 6.45) is 1.46. The van der Waals surface area contributed by atoms with Crippen LogP contribution in [0.4, 0.5) is 0 Å². The summed E-state index contributed by atoms with van der Waals surface area (Å²) in [6, 6.07) is 25.0. The molecule has 0 saturated heterocycles. The minimum Gasteiger partial charge on any atom is -0.330 e. The van der Waals surface area contributed by atoms with Crippen molar-refractivity contribution in [3.8, 4) is 6.07 Å². The first-order chi connectivity index (χ1) is 12.3. The molecule has 0 N–H and O–H groups in total. The maximum absolute atomic E-state index is 13.0. The van der Waals surface area contributed by atoms with E-state index in [4.69, 9.17) is 5.26 Å². The second-order valence-electron chi connectivity index (χ2n) is 5.68. The van der Waals surface area contributed by atoms with Gasteiger partial charge in [0.05, 0.1) is 5.56 Å². The molecule has 1 heterocycles. The van der Waals surface area contributed by atoms with Gasteiger partial charge in [0.1, 0.15) is 11.8 Å². The average molecular weight is 327 g/mol. The minimum atomic E-state index is -0.107. The van der Waals surface area contributed by atoms with Crippen LogP contribution in [0.1, 0.15) is 27.2 Å². The first kappa shape index (κ1) is 16.4. The van der Waals surface area contributed by atoms with E-state index < -0.39 is 0 Å². The van der Waals surface area contributed by atoms with E-state index in [9.17, 15) is 4.79 Å². The van der Waals surface area contributed by atoms with E-state index in [1.165, 1.54) is 6.20 Å². The fourth-order valence-electron chi connectivity index (χ4n) is 2.58. The van der Waals surface area contributed by atoms with Crippen molar-refractivity contribution < 1.29 is 4.79 Å². The maximum atomic E-state index is 13.0. The van der Waals surface area contributed by atoms with Crippen molar-refractivity contribution in [2.45, 2.75) is 13.1 Å². The molecule has 0 radical (unpaired) electrons. The van der Waals surface area contributed by atoms with Gasteiger partial charge in [-0.25, -0.2) is 4.98 Å². The van der Waals surface area contributed by atoms with Crippen LogP contribution in [0.2, 0.25) is 0 Å². The van der Waals surface area contributed by atoms with E-state index in [2.05, 4.69) is 4.98 Å². The number of hydrogen-bond acceptors (Lipinski definition) is 3. The van der Waals surface area contributed by atoms with Crippen LogP contribution in [0.5, 0.6) is 0 Å². The molecule has 122 valence electrons. The molecule has 3 aromatic rings. The smallest absolute Gasteiger partial charge is 0.256 e. The number of rotatable bonds is 5. The Morgan fingerprint density at radius 2 is 1.44 bits per heavy atom. The van der Waals surface area contributed by atoms with Gasteiger partial charge in [-0.15, -0.1) is 0 Å². The Morgan fingerprint density at radius 1 is 0.880 bits per heavy atom. The van der Waals surface area contributed by atoms with Gasteiger partial charge in [0.25, 0.3) is 5.91 Å². The molecule has 0 aliphatic rings. The highest BCUT2D eigenvalue weighted by Gasteiger charge is 2.17. The number of aromatic nitrogens is 1. The number of carbonyl (C=O) groups is 1. The minimum absolute atomic E-state index is 0.107. The summed E-state index contributed by atoms with van der Waals surface area (Å²) in [5.74, 6) is -0.107. The highest BCUT2D eigenvalue weighted by molar-refractivity contribution is 5.93. The molecule has 0 saturated carbocycles. The highest BCUT2D eigenvalue weighted by atomic mass is 16.2. The molecule has 25 heavy (non-hydrogen) atoms. The van der Waals surface area contributed by atoms with Crippen molar-refractivity contribution in [1.82, 2.24) is 9.88 Å². The number of amides is 1. The highest BCUT2D eigenvalue weighted by Crippen LogP contribution is 2.14. The van der Waals surface area contributed by atoms with E-state index >= 15 is 0 Å². The number of hydrogen-bond donors (Lipinski definition) is 0. The Bertz CT molecular complexity index is 827. The molecule has 1 amide bonds. The Labute approximate surface area is 147 Å². The number of nitriles is 1. The largest absolute Gasteiger partial charge is 0.330 e. The Balaban J connectivity index is 1.86. The van der Waals surface area contributed by atoms with Crippen LogP contribution in [-0.4, -0.2) is 15.8 Å². The molecule has 0 fully saturated rings. The van der Waals surface area contributed by atoms with Crippen LogP contribution >= 0.6 is 0 Å². The zero-order valence-electron chi connectivity index (χ0n) is 13.7. The number of benzene rings is 2. The van der Waals surface area contributed by atoms with E-state index in [0.717, 1.165) is 11.1 Å². The molecule has 0 aliphatic carbocycles. The first-order valence-electron chi connectivity index (χ1n) is 7.99. The molecule has 4 nitrogen and oxygen atoms in total. The monoisotopic (exact) mass is 327 g/mol. The summed E-state index contributed by atoms with van der Waals surface area (Å²) in [6.45, 7) is 1.02. The van der Waals surface area contributed by atoms with Crippen LogP contribution in [0.3, 0.4) is 0 Å². The molecule has 0 aliphatic heterocycles. The second kappa shape index (κ2) is 7.89.